The molecule has 0 atom stereocenters. The summed E-state index contributed by atoms with van der Waals surface area (Å²) < 4.78 is 0. The molecule has 0 heterocycles. The summed E-state index contributed by atoms with van der Waals surface area (Å²) in [5, 5.41) is 11.3. The maximum absolute atomic E-state index is 9.94. The van der Waals surface area contributed by atoms with Crippen LogP contribution in [0.4, 0.5) is 0 Å². The number of aliphatic hydroxyl groups is 1. The molecule has 0 aliphatic carbocycles. The first-order valence-electron chi connectivity index (χ1n) is 7.33. The molecule has 0 aromatic carbocycles. The Morgan fingerprint density at radius 2 is 1.28 bits per heavy atom. The second kappa shape index (κ2) is 6.38. The van der Waals surface area contributed by atoms with E-state index in [0.29, 0.717) is 16.6 Å². The van der Waals surface area contributed by atoms with Gasteiger partial charge in [-0.15, -0.1) is 0 Å². The van der Waals surface area contributed by atoms with E-state index in [0.717, 1.165) is 0 Å². The zero-order chi connectivity index (χ0) is 14.7. The molecule has 0 unspecified atom stereocenters. The molecule has 0 bridgehead atoms. The van der Waals surface area contributed by atoms with Crippen molar-refractivity contribution in [1.29, 1.82) is 0 Å². The van der Waals surface area contributed by atoms with Gasteiger partial charge in [-0.2, -0.15) is 0 Å². The van der Waals surface area contributed by atoms with E-state index in [4.69, 9.17) is 0 Å². The Hall–Kier alpha value is -0.0831. The molecule has 0 fully saturated rings. The van der Waals surface area contributed by atoms with E-state index < -0.39 is 8.07 Å². The summed E-state index contributed by atoms with van der Waals surface area (Å²) in [5.41, 5.74) is 2.14. The van der Waals surface area contributed by atoms with E-state index in [2.05, 4.69) is 68.4 Å². The van der Waals surface area contributed by atoms with Gasteiger partial charge < -0.3 is 5.11 Å². The molecule has 1 nitrogen and oxygen atoms in total. The summed E-state index contributed by atoms with van der Waals surface area (Å²) in [7, 11) is -1.66. The van der Waals surface area contributed by atoms with E-state index in [1.165, 1.54) is 5.20 Å². The van der Waals surface area contributed by atoms with Gasteiger partial charge in [0.2, 0.25) is 0 Å². The number of hydrogen-bond acceptors (Lipinski definition) is 1. The Kier molecular flexibility index (Phi) is 6.35. The molecular weight excluding hydrogens is 236 g/mol. The average molecular weight is 271 g/mol. The standard InChI is InChI=1S/C16H34OSi/c1-12(2)18(13(3)4,14(5)6)15(11-17)10-16(7,8)9/h10,12-14,17H,11H2,1-9H3/b15-10+. The molecule has 2 heteroatoms. The van der Waals surface area contributed by atoms with Gasteiger partial charge in [-0.25, -0.2) is 0 Å². The molecule has 0 aliphatic rings. The van der Waals surface area contributed by atoms with E-state index in [-0.39, 0.29) is 12.0 Å². The summed E-state index contributed by atoms with van der Waals surface area (Å²) in [6, 6.07) is 0. The molecule has 0 saturated carbocycles. The molecule has 0 amide bonds. The molecule has 0 aromatic heterocycles. The number of allylic oxidation sites excluding steroid dienone is 1. The topological polar surface area (TPSA) is 20.2 Å². The third-order valence-corrected chi connectivity index (χ3v) is 11.3. The predicted octanol–water partition coefficient (Wildman–Crippen LogP) is 5.17. The minimum atomic E-state index is -1.66. The SMILES string of the molecule is CC(C)[Si](/C(=C/C(C)(C)C)CO)(C(C)C)C(C)C. The largest absolute Gasteiger partial charge is 0.392 e. The fraction of sp³-hybridized carbons (Fsp3) is 0.875. The van der Waals surface area contributed by atoms with Gasteiger partial charge in [-0.05, 0) is 22.0 Å². The number of hydrogen-bond donors (Lipinski definition) is 1. The normalized spacial score (nSPS) is 15.1. The first kappa shape index (κ1) is 17.9. The Labute approximate surface area is 116 Å². The summed E-state index contributed by atoms with van der Waals surface area (Å²) in [6.45, 7) is 21.0. The Morgan fingerprint density at radius 3 is 1.44 bits per heavy atom. The van der Waals surface area contributed by atoms with Gasteiger partial charge in [-0.1, -0.05) is 73.6 Å². The monoisotopic (exact) mass is 270 g/mol. The van der Waals surface area contributed by atoms with Crippen molar-refractivity contribution in [3.05, 3.63) is 11.3 Å². The lowest BCUT2D eigenvalue weighted by molar-refractivity contribution is 0.333. The molecule has 18 heavy (non-hydrogen) atoms. The highest BCUT2D eigenvalue weighted by Crippen LogP contribution is 2.47. The van der Waals surface area contributed by atoms with Gasteiger partial charge in [0.05, 0.1) is 14.7 Å². The second-order valence-electron chi connectivity index (χ2n) is 7.59. The molecule has 108 valence electrons. The Morgan fingerprint density at radius 1 is 0.944 bits per heavy atom. The summed E-state index contributed by atoms with van der Waals surface area (Å²) >= 11 is 0. The van der Waals surface area contributed by atoms with Crippen LogP contribution in [-0.2, 0) is 0 Å². The van der Waals surface area contributed by atoms with Gasteiger partial charge in [0.15, 0.2) is 0 Å². The first-order valence-corrected chi connectivity index (χ1v) is 9.56. The third-order valence-electron chi connectivity index (χ3n) is 4.20. The van der Waals surface area contributed by atoms with Crippen LogP contribution >= 0.6 is 0 Å². The molecule has 0 aromatic rings. The van der Waals surface area contributed by atoms with Crippen LogP contribution in [0.1, 0.15) is 62.3 Å². The van der Waals surface area contributed by atoms with Crippen molar-refractivity contribution in [3.63, 3.8) is 0 Å². The van der Waals surface area contributed by atoms with Crippen LogP contribution in [0.2, 0.25) is 16.6 Å². The zero-order valence-corrected chi connectivity index (χ0v) is 15.0. The van der Waals surface area contributed by atoms with E-state index >= 15 is 0 Å². The van der Waals surface area contributed by atoms with E-state index in [1.54, 1.807) is 0 Å². The highest BCUT2D eigenvalue weighted by atomic mass is 28.3. The highest BCUT2D eigenvalue weighted by Gasteiger charge is 2.45. The van der Waals surface area contributed by atoms with Crippen LogP contribution in [-0.4, -0.2) is 19.8 Å². The van der Waals surface area contributed by atoms with Gasteiger partial charge in [0.25, 0.3) is 0 Å². The molecule has 0 radical (unpaired) electrons. The van der Waals surface area contributed by atoms with Crippen molar-refractivity contribution < 1.29 is 5.11 Å². The van der Waals surface area contributed by atoms with Crippen molar-refractivity contribution in [2.45, 2.75) is 78.9 Å². The predicted molar refractivity (Wildman–Crippen MR) is 85.7 cm³/mol. The first-order chi connectivity index (χ1) is 8.00. The maximum Gasteiger partial charge on any atom is 0.0916 e. The lowest BCUT2D eigenvalue weighted by atomic mass is 9.96. The molecule has 0 saturated heterocycles. The van der Waals surface area contributed by atoms with Crippen LogP contribution in [0.5, 0.6) is 0 Å². The van der Waals surface area contributed by atoms with Gasteiger partial charge in [0, 0.05) is 0 Å². The maximum atomic E-state index is 9.94. The minimum absolute atomic E-state index is 0.148. The quantitative estimate of drug-likeness (QED) is 0.683. The fourth-order valence-electron chi connectivity index (χ4n) is 3.94. The lowest BCUT2D eigenvalue weighted by Gasteiger charge is -2.45. The molecule has 0 rings (SSSR count). The van der Waals surface area contributed by atoms with Crippen LogP contribution in [0.25, 0.3) is 0 Å². The minimum Gasteiger partial charge on any atom is -0.392 e. The van der Waals surface area contributed by atoms with Crippen molar-refractivity contribution in [2.75, 3.05) is 6.61 Å². The van der Waals surface area contributed by atoms with Crippen molar-refractivity contribution in [2.24, 2.45) is 5.41 Å². The van der Waals surface area contributed by atoms with Gasteiger partial charge in [-0.3, -0.25) is 0 Å². The number of aliphatic hydroxyl groups excluding tert-OH is 1. The highest BCUT2D eigenvalue weighted by molar-refractivity contribution is 6.89. The second-order valence-corrected chi connectivity index (χ2v) is 13.6. The van der Waals surface area contributed by atoms with Crippen molar-refractivity contribution >= 4 is 8.07 Å². The third kappa shape index (κ3) is 3.71. The Bertz CT molecular complexity index is 260. The van der Waals surface area contributed by atoms with Crippen LogP contribution in [0.15, 0.2) is 11.3 Å². The Balaban J connectivity index is 5.90. The molecule has 0 aliphatic heterocycles. The number of rotatable bonds is 5. The fourth-order valence-corrected chi connectivity index (χ4v) is 11.1. The molecule has 0 spiro atoms. The summed E-state index contributed by atoms with van der Waals surface area (Å²) in [6.07, 6.45) is 2.35. The molecule has 1 N–H and O–H groups in total. The van der Waals surface area contributed by atoms with Gasteiger partial charge in [0.1, 0.15) is 0 Å². The van der Waals surface area contributed by atoms with Crippen LogP contribution in [0.3, 0.4) is 0 Å². The van der Waals surface area contributed by atoms with Crippen molar-refractivity contribution in [1.82, 2.24) is 0 Å². The molecular formula is C16H34OSi. The zero-order valence-electron chi connectivity index (χ0n) is 14.0. The van der Waals surface area contributed by atoms with Crippen LogP contribution < -0.4 is 0 Å². The summed E-state index contributed by atoms with van der Waals surface area (Å²) in [4.78, 5) is 0. The van der Waals surface area contributed by atoms with E-state index in [9.17, 15) is 5.11 Å². The van der Waals surface area contributed by atoms with Crippen molar-refractivity contribution in [3.8, 4) is 0 Å². The van der Waals surface area contributed by atoms with Gasteiger partial charge >= 0.3 is 0 Å². The lowest BCUT2D eigenvalue weighted by Crippen LogP contribution is -2.48. The van der Waals surface area contributed by atoms with Crippen LogP contribution in [0, 0.1) is 5.41 Å². The van der Waals surface area contributed by atoms with E-state index in [1.807, 2.05) is 0 Å². The smallest absolute Gasteiger partial charge is 0.0916 e. The average Bonchev–Trinajstić information content (AvgIpc) is 2.13. The summed E-state index contributed by atoms with van der Waals surface area (Å²) in [5.74, 6) is 0.